The van der Waals surface area contributed by atoms with Crippen molar-refractivity contribution in [2.45, 2.75) is 40.7 Å². The smallest absolute Gasteiger partial charge is 0.287 e. The van der Waals surface area contributed by atoms with E-state index in [1.165, 1.54) is 17.7 Å². The Hall–Kier alpha value is -2.37. The van der Waals surface area contributed by atoms with Crippen molar-refractivity contribution in [3.8, 4) is 0 Å². The molecular weight excluding hydrogens is 282 g/mol. The second kappa shape index (κ2) is 6.60. The summed E-state index contributed by atoms with van der Waals surface area (Å²) in [5, 5.41) is 7.21. The van der Waals surface area contributed by atoms with Crippen LogP contribution in [0.1, 0.15) is 40.2 Å². The topological polar surface area (TPSA) is 77.1 Å². The highest BCUT2D eigenvalue weighted by Gasteiger charge is 2.12. The van der Waals surface area contributed by atoms with Gasteiger partial charge in [-0.25, -0.2) is 0 Å². The summed E-state index contributed by atoms with van der Waals surface area (Å²) in [6.45, 7) is 8.75. The highest BCUT2D eigenvalue weighted by molar-refractivity contribution is 5.91. The van der Waals surface area contributed by atoms with Gasteiger partial charge in [0.05, 0.1) is 12.2 Å². The normalized spacial score (nSPS) is 10.7. The molecule has 2 rings (SSSR count). The Morgan fingerprint density at radius 2 is 2.05 bits per heavy atom. The zero-order valence-corrected chi connectivity index (χ0v) is 13.4. The number of aryl methyl sites for hydroxylation is 2. The van der Waals surface area contributed by atoms with E-state index in [-0.39, 0.29) is 11.2 Å². The first-order chi connectivity index (χ1) is 10.4. The van der Waals surface area contributed by atoms with Crippen molar-refractivity contribution in [2.75, 3.05) is 6.54 Å². The molecule has 2 heterocycles. The van der Waals surface area contributed by atoms with Gasteiger partial charge >= 0.3 is 0 Å². The lowest BCUT2D eigenvalue weighted by Gasteiger charge is -2.07. The van der Waals surface area contributed by atoms with Gasteiger partial charge in [0.25, 0.3) is 5.91 Å². The van der Waals surface area contributed by atoms with Crippen molar-refractivity contribution in [2.24, 2.45) is 0 Å². The lowest BCUT2D eigenvalue weighted by molar-refractivity contribution is 0.0920. The number of aromatic nitrogens is 2. The van der Waals surface area contributed by atoms with Crippen LogP contribution in [0.4, 0.5) is 0 Å². The quantitative estimate of drug-likeness (QED) is 0.913. The van der Waals surface area contributed by atoms with E-state index in [1.807, 2.05) is 18.5 Å². The van der Waals surface area contributed by atoms with E-state index in [4.69, 9.17) is 4.42 Å². The van der Waals surface area contributed by atoms with Gasteiger partial charge in [-0.05, 0) is 32.8 Å². The average molecular weight is 303 g/mol. The molecule has 0 aliphatic rings. The maximum atomic E-state index is 12.0. The van der Waals surface area contributed by atoms with Crippen LogP contribution in [0.2, 0.25) is 0 Å². The highest BCUT2D eigenvalue weighted by atomic mass is 16.3. The predicted molar refractivity (Wildman–Crippen MR) is 83.1 cm³/mol. The summed E-state index contributed by atoms with van der Waals surface area (Å²) >= 11 is 0. The van der Waals surface area contributed by atoms with Crippen LogP contribution >= 0.6 is 0 Å². The number of rotatable bonds is 5. The van der Waals surface area contributed by atoms with Crippen molar-refractivity contribution in [3.63, 3.8) is 0 Å². The molecule has 0 unspecified atom stereocenters. The summed E-state index contributed by atoms with van der Waals surface area (Å²) in [7, 11) is 0. The number of nitrogens with one attached hydrogen (secondary N) is 1. The number of carbonyl (C=O) groups excluding carboxylic acids is 1. The van der Waals surface area contributed by atoms with Crippen LogP contribution in [0.25, 0.3) is 0 Å². The van der Waals surface area contributed by atoms with E-state index < -0.39 is 5.91 Å². The summed E-state index contributed by atoms with van der Waals surface area (Å²) in [5.74, 6) is 0.0643. The van der Waals surface area contributed by atoms with Crippen molar-refractivity contribution in [3.05, 3.63) is 50.8 Å². The standard InChI is InChI=1S/C16H21N3O3/c1-5-14-11(3)18-19(12(14)4)7-6-17-16(21)15-9-13(20)8-10(2)22-15/h8-9H,5-7H2,1-4H3,(H,17,21). The number of carbonyl (C=O) groups is 1. The van der Waals surface area contributed by atoms with Gasteiger partial charge in [-0.2, -0.15) is 5.10 Å². The first kappa shape index (κ1) is 16.0. The van der Waals surface area contributed by atoms with Crippen LogP contribution in [-0.2, 0) is 13.0 Å². The predicted octanol–water partition coefficient (Wildman–Crippen LogP) is 1.75. The molecule has 1 N–H and O–H groups in total. The largest absolute Gasteiger partial charge is 0.456 e. The summed E-state index contributed by atoms with van der Waals surface area (Å²) in [5.41, 5.74) is 3.16. The Morgan fingerprint density at radius 1 is 1.32 bits per heavy atom. The first-order valence-electron chi connectivity index (χ1n) is 7.35. The van der Waals surface area contributed by atoms with E-state index in [2.05, 4.69) is 17.3 Å². The molecule has 0 fully saturated rings. The van der Waals surface area contributed by atoms with Crippen molar-refractivity contribution < 1.29 is 9.21 Å². The van der Waals surface area contributed by atoms with Crippen molar-refractivity contribution >= 4 is 5.91 Å². The molecule has 0 atom stereocenters. The third kappa shape index (κ3) is 3.44. The fourth-order valence-corrected chi connectivity index (χ4v) is 2.54. The monoisotopic (exact) mass is 303 g/mol. The van der Waals surface area contributed by atoms with Gasteiger partial charge in [0.2, 0.25) is 0 Å². The van der Waals surface area contributed by atoms with Crippen LogP contribution < -0.4 is 10.7 Å². The number of hydrogen-bond acceptors (Lipinski definition) is 4. The van der Waals surface area contributed by atoms with Gasteiger partial charge in [0.15, 0.2) is 11.2 Å². The van der Waals surface area contributed by atoms with E-state index in [0.717, 1.165) is 17.8 Å². The first-order valence-corrected chi connectivity index (χ1v) is 7.35. The third-order valence-corrected chi connectivity index (χ3v) is 3.61. The van der Waals surface area contributed by atoms with Crippen molar-refractivity contribution in [1.82, 2.24) is 15.1 Å². The molecule has 118 valence electrons. The molecule has 6 heteroatoms. The molecular formula is C16H21N3O3. The molecule has 0 aromatic carbocycles. The van der Waals surface area contributed by atoms with E-state index in [0.29, 0.717) is 18.8 Å². The number of nitrogens with zero attached hydrogens (tertiary/aromatic N) is 2. The lowest BCUT2D eigenvalue weighted by atomic mass is 10.1. The average Bonchev–Trinajstić information content (AvgIpc) is 2.71. The molecule has 2 aromatic heterocycles. The van der Waals surface area contributed by atoms with Crippen LogP contribution in [0.5, 0.6) is 0 Å². The van der Waals surface area contributed by atoms with Gasteiger partial charge in [0.1, 0.15) is 5.76 Å². The molecule has 0 saturated carbocycles. The van der Waals surface area contributed by atoms with Gasteiger partial charge in [-0.15, -0.1) is 0 Å². The molecule has 0 saturated heterocycles. The Bertz CT molecular complexity index is 744. The van der Waals surface area contributed by atoms with E-state index in [9.17, 15) is 9.59 Å². The molecule has 22 heavy (non-hydrogen) atoms. The van der Waals surface area contributed by atoms with Gasteiger partial charge < -0.3 is 9.73 Å². The Morgan fingerprint density at radius 3 is 2.64 bits per heavy atom. The minimum Gasteiger partial charge on any atom is -0.456 e. The maximum Gasteiger partial charge on any atom is 0.287 e. The minimum absolute atomic E-state index is 0.0348. The minimum atomic E-state index is -0.391. The molecule has 2 aromatic rings. The van der Waals surface area contributed by atoms with Gasteiger partial charge in [0, 0.05) is 24.4 Å². The summed E-state index contributed by atoms with van der Waals surface area (Å²) in [6, 6.07) is 2.54. The summed E-state index contributed by atoms with van der Waals surface area (Å²) in [4.78, 5) is 23.4. The van der Waals surface area contributed by atoms with Gasteiger partial charge in [-0.3, -0.25) is 14.3 Å². The third-order valence-electron chi connectivity index (χ3n) is 3.61. The highest BCUT2D eigenvalue weighted by Crippen LogP contribution is 2.13. The van der Waals surface area contributed by atoms with Crippen LogP contribution in [-0.4, -0.2) is 22.2 Å². The molecule has 6 nitrogen and oxygen atoms in total. The van der Waals surface area contributed by atoms with Gasteiger partial charge in [-0.1, -0.05) is 6.92 Å². The second-order valence-electron chi connectivity index (χ2n) is 5.25. The molecule has 0 bridgehead atoms. The lowest BCUT2D eigenvalue weighted by Crippen LogP contribution is -2.28. The fraction of sp³-hybridized carbons (Fsp3) is 0.438. The molecule has 0 aliphatic heterocycles. The fourth-order valence-electron chi connectivity index (χ4n) is 2.54. The molecule has 1 amide bonds. The number of hydrogen-bond donors (Lipinski definition) is 1. The van der Waals surface area contributed by atoms with Crippen LogP contribution in [0.15, 0.2) is 21.3 Å². The van der Waals surface area contributed by atoms with E-state index in [1.54, 1.807) is 6.92 Å². The van der Waals surface area contributed by atoms with Crippen LogP contribution in [0, 0.1) is 20.8 Å². The Labute approximate surface area is 129 Å². The molecule has 0 spiro atoms. The second-order valence-corrected chi connectivity index (χ2v) is 5.25. The summed E-state index contributed by atoms with van der Waals surface area (Å²) in [6.07, 6.45) is 0.943. The Balaban J connectivity index is 1.99. The SMILES string of the molecule is CCc1c(C)nn(CCNC(=O)c2cc(=O)cc(C)o2)c1C. The van der Waals surface area contributed by atoms with Crippen molar-refractivity contribution in [1.29, 1.82) is 0 Å². The molecule has 0 aliphatic carbocycles. The molecule has 0 radical (unpaired) electrons. The maximum absolute atomic E-state index is 12.0. The summed E-state index contributed by atoms with van der Waals surface area (Å²) < 4.78 is 7.14. The van der Waals surface area contributed by atoms with Crippen LogP contribution in [0.3, 0.4) is 0 Å². The Kier molecular flexibility index (Phi) is 4.80. The zero-order chi connectivity index (χ0) is 16.3. The number of amides is 1. The van der Waals surface area contributed by atoms with E-state index >= 15 is 0 Å². The zero-order valence-electron chi connectivity index (χ0n) is 13.4.